The molecule has 0 aromatic carbocycles. The van der Waals surface area contributed by atoms with Crippen LogP contribution in [0.1, 0.15) is 39.0 Å². The number of rotatable bonds is 4. The molecule has 1 amide bonds. The molecule has 2 fully saturated rings. The summed E-state index contributed by atoms with van der Waals surface area (Å²) in [6.45, 7) is 4.71. The van der Waals surface area contributed by atoms with Gasteiger partial charge < -0.3 is 10.6 Å². The Morgan fingerprint density at radius 3 is 1.91 bits per heavy atom. The van der Waals surface area contributed by atoms with E-state index in [2.05, 4.69) is 0 Å². The second kappa shape index (κ2) is 9.17. The lowest BCUT2D eigenvalue weighted by molar-refractivity contribution is -0.132. The van der Waals surface area contributed by atoms with Gasteiger partial charge >= 0.3 is 0 Å². The Balaban J connectivity index is 0.00000264. The van der Waals surface area contributed by atoms with Crippen molar-refractivity contribution in [2.24, 2.45) is 5.73 Å². The van der Waals surface area contributed by atoms with E-state index in [0.717, 1.165) is 25.7 Å². The summed E-state index contributed by atoms with van der Waals surface area (Å²) < 4.78 is 28.5. The molecule has 0 aromatic heterocycles. The van der Waals surface area contributed by atoms with Gasteiger partial charge in [-0.15, -0.1) is 12.4 Å². The van der Waals surface area contributed by atoms with Gasteiger partial charge in [0.15, 0.2) is 0 Å². The maximum Gasteiger partial charge on any atom is 0.282 e. The average Bonchev–Trinajstić information content (AvgIpc) is 2.76. The van der Waals surface area contributed by atoms with Gasteiger partial charge in [0.1, 0.15) is 0 Å². The number of hydrogen-bond donors (Lipinski definition) is 1. The fraction of sp³-hybridized carbons (Fsp3) is 0.929. The Morgan fingerprint density at radius 1 is 0.957 bits per heavy atom. The third-order valence-corrected chi connectivity index (χ3v) is 6.34. The van der Waals surface area contributed by atoms with Crippen LogP contribution in [-0.2, 0) is 15.0 Å². The molecule has 2 aliphatic heterocycles. The van der Waals surface area contributed by atoms with Crippen molar-refractivity contribution in [3.8, 4) is 0 Å². The van der Waals surface area contributed by atoms with E-state index in [0.29, 0.717) is 45.7 Å². The van der Waals surface area contributed by atoms with Crippen molar-refractivity contribution in [3.63, 3.8) is 0 Å². The quantitative estimate of drug-likeness (QED) is 0.778. The molecular weight excluding hydrogens is 340 g/mol. The minimum absolute atomic E-state index is 0. The number of halogens is 1. The molecule has 2 N–H and O–H groups in total. The molecule has 9 heteroatoms. The normalized spacial score (nSPS) is 23.0. The molecular formula is C14H29ClN4O3S. The molecule has 136 valence electrons. The summed E-state index contributed by atoms with van der Waals surface area (Å²) in [5, 5.41) is 0. The van der Waals surface area contributed by atoms with E-state index in [1.165, 1.54) is 4.31 Å². The summed E-state index contributed by atoms with van der Waals surface area (Å²) in [6.07, 6.45) is 4.40. The molecule has 2 rings (SSSR count). The van der Waals surface area contributed by atoms with Crippen molar-refractivity contribution >= 4 is 28.5 Å². The summed E-state index contributed by atoms with van der Waals surface area (Å²) in [4.78, 5) is 13.7. The van der Waals surface area contributed by atoms with Gasteiger partial charge in [-0.25, -0.2) is 0 Å². The lowest BCUT2D eigenvalue weighted by Crippen LogP contribution is -2.54. The maximum absolute atomic E-state index is 12.7. The van der Waals surface area contributed by atoms with Crippen LogP contribution in [0.25, 0.3) is 0 Å². The molecule has 0 saturated carbocycles. The zero-order valence-electron chi connectivity index (χ0n) is 13.8. The van der Waals surface area contributed by atoms with Gasteiger partial charge in [-0.1, -0.05) is 12.8 Å². The van der Waals surface area contributed by atoms with Crippen molar-refractivity contribution in [2.75, 3.05) is 39.3 Å². The first-order valence-corrected chi connectivity index (χ1v) is 9.59. The van der Waals surface area contributed by atoms with E-state index in [-0.39, 0.29) is 24.4 Å². The molecule has 0 aliphatic carbocycles. The molecule has 0 bridgehead atoms. The van der Waals surface area contributed by atoms with Crippen molar-refractivity contribution in [1.29, 1.82) is 0 Å². The van der Waals surface area contributed by atoms with E-state index in [4.69, 9.17) is 5.73 Å². The van der Waals surface area contributed by atoms with Gasteiger partial charge in [0.25, 0.3) is 10.2 Å². The van der Waals surface area contributed by atoms with Crippen molar-refractivity contribution in [1.82, 2.24) is 13.5 Å². The van der Waals surface area contributed by atoms with Crippen LogP contribution in [0.2, 0.25) is 0 Å². The SMILES string of the molecule is CC(N)CC(=O)N1CCN(S(=O)(=O)N2CCCCCC2)CC1.Cl. The Bertz CT molecular complexity index is 470. The van der Waals surface area contributed by atoms with Crippen LogP contribution in [-0.4, -0.2) is 73.1 Å². The van der Waals surface area contributed by atoms with Crippen LogP contribution in [0, 0.1) is 0 Å². The van der Waals surface area contributed by atoms with Crippen LogP contribution >= 0.6 is 12.4 Å². The summed E-state index contributed by atoms with van der Waals surface area (Å²) in [5.41, 5.74) is 5.65. The second-order valence-electron chi connectivity index (χ2n) is 6.28. The number of piperazine rings is 1. The predicted octanol–water partition coefficient (Wildman–Crippen LogP) is 0.410. The topological polar surface area (TPSA) is 87.0 Å². The monoisotopic (exact) mass is 368 g/mol. The highest BCUT2D eigenvalue weighted by Crippen LogP contribution is 2.18. The molecule has 1 unspecified atom stereocenters. The summed E-state index contributed by atoms with van der Waals surface area (Å²) >= 11 is 0. The van der Waals surface area contributed by atoms with Gasteiger partial charge in [0.05, 0.1) is 0 Å². The minimum Gasteiger partial charge on any atom is -0.340 e. The summed E-state index contributed by atoms with van der Waals surface area (Å²) in [5.74, 6) is 0.0156. The van der Waals surface area contributed by atoms with Gasteiger partial charge in [-0.2, -0.15) is 17.0 Å². The predicted molar refractivity (Wildman–Crippen MR) is 92.6 cm³/mol. The van der Waals surface area contributed by atoms with Crippen LogP contribution < -0.4 is 5.73 Å². The van der Waals surface area contributed by atoms with Crippen molar-refractivity contribution < 1.29 is 13.2 Å². The smallest absolute Gasteiger partial charge is 0.282 e. The van der Waals surface area contributed by atoms with Gasteiger partial charge in [0, 0.05) is 51.7 Å². The molecule has 1 atom stereocenters. The number of carbonyl (C=O) groups excluding carboxylic acids is 1. The molecule has 2 heterocycles. The molecule has 0 radical (unpaired) electrons. The zero-order valence-corrected chi connectivity index (χ0v) is 15.4. The van der Waals surface area contributed by atoms with Gasteiger partial charge in [0.2, 0.25) is 5.91 Å². The summed E-state index contributed by atoms with van der Waals surface area (Å²) in [6, 6.07) is -0.161. The lowest BCUT2D eigenvalue weighted by atomic mass is 10.2. The number of nitrogens with zero attached hydrogens (tertiary/aromatic N) is 3. The Morgan fingerprint density at radius 2 is 1.43 bits per heavy atom. The third kappa shape index (κ3) is 5.56. The molecule has 0 aromatic rings. The molecule has 2 saturated heterocycles. The van der Waals surface area contributed by atoms with Crippen LogP contribution in [0.5, 0.6) is 0 Å². The summed E-state index contributed by atoms with van der Waals surface area (Å²) in [7, 11) is -3.38. The van der Waals surface area contributed by atoms with E-state index < -0.39 is 10.2 Å². The largest absolute Gasteiger partial charge is 0.340 e. The lowest BCUT2D eigenvalue weighted by Gasteiger charge is -2.36. The maximum atomic E-state index is 12.7. The van der Waals surface area contributed by atoms with Crippen molar-refractivity contribution in [3.05, 3.63) is 0 Å². The Hall–Kier alpha value is -0.410. The fourth-order valence-corrected chi connectivity index (χ4v) is 4.68. The molecule has 2 aliphatic rings. The molecule has 0 spiro atoms. The highest BCUT2D eigenvalue weighted by atomic mass is 35.5. The first-order valence-electron chi connectivity index (χ1n) is 8.20. The minimum atomic E-state index is -3.38. The van der Waals surface area contributed by atoms with Gasteiger partial charge in [-0.3, -0.25) is 4.79 Å². The second-order valence-corrected chi connectivity index (χ2v) is 8.21. The molecule has 7 nitrogen and oxygen atoms in total. The molecule has 23 heavy (non-hydrogen) atoms. The third-order valence-electron chi connectivity index (χ3n) is 4.31. The number of hydrogen-bond acceptors (Lipinski definition) is 4. The van der Waals surface area contributed by atoms with E-state index in [9.17, 15) is 13.2 Å². The standard InChI is InChI=1S/C14H28N4O3S.ClH/c1-13(15)12-14(19)16-8-10-18(11-9-16)22(20,21)17-6-4-2-3-5-7-17;/h13H,2-12,15H2,1H3;1H. The van der Waals surface area contributed by atoms with Crippen molar-refractivity contribution in [2.45, 2.75) is 45.1 Å². The number of nitrogens with two attached hydrogens (primary N) is 1. The Kier molecular flexibility index (Phi) is 8.23. The Labute approximate surface area is 145 Å². The first-order chi connectivity index (χ1) is 10.4. The van der Waals surface area contributed by atoms with Crippen LogP contribution in [0.4, 0.5) is 0 Å². The van der Waals surface area contributed by atoms with Gasteiger partial charge in [-0.05, 0) is 19.8 Å². The zero-order chi connectivity index (χ0) is 16.2. The van der Waals surface area contributed by atoms with Crippen LogP contribution in [0.15, 0.2) is 0 Å². The van der Waals surface area contributed by atoms with Crippen LogP contribution in [0.3, 0.4) is 0 Å². The average molecular weight is 369 g/mol. The first kappa shape index (κ1) is 20.6. The van der Waals surface area contributed by atoms with E-state index in [1.807, 2.05) is 0 Å². The van der Waals surface area contributed by atoms with E-state index in [1.54, 1.807) is 16.1 Å². The van der Waals surface area contributed by atoms with E-state index >= 15 is 0 Å². The highest BCUT2D eigenvalue weighted by molar-refractivity contribution is 7.86. The fourth-order valence-electron chi connectivity index (χ4n) is 3.01. The number of carbonyl (C=O) groups is 1. The highest BCUT2D eigenvalue weighted by Gasteiger charge is 2.33. The number of amides is 1.